The second kappa shape index (κ2) is 4.97. The van der Waals surface area contributed by atoms with Gasteiger partial charge in [0.25, 0.3) is 0 Å². The number of rotatable bonds is 2. The molecule has 1 saturated heterocycles. The van der Waals surface area contributed by atoms with E-state index in [1.165, 1.54) is 19.4 Å². The first kappa shape index (κ1) is 12.1. The van der Waals surface area contributed by atoms with Gasteiger partial charge in [-0.1, -0.05) is 0 Å². The van der Waals surface area contributed by atoms with Gasteiger partial charge in [-0.05, 0) is 39.3 Å². The van der Waals surface area contributed by atoms with Gasteiger partial charge in [0.2, 0.25) is 0 Å². The molecule has 5 heteroatoms. The van der Waals surface area contributed by atoms with Crippen molar-refractivity contribution in [1.82, 2.24) is 19.7 Å². The van der Waals surface area contributed by atoms with Crippen molar-refractivity contribution in [3.63, 3.8) is 0 Å². The lowest BCUT2D eigenvalue weighted by molar-refractivity contribution is 0.234. The molecule has 1 fully saturated rings. The molecule has 0 aromatic carbocycles. The standard InChI is InChI=1S/C13H22N4O/c1-16-6-2-4-10(8-16)12-14-13-11(9-18)5-3-7-17(13)15-12/h10-11,18H,2-9H2,1H3. The summed E-state index contributed by atoms with van der Waals surface area (Å²) in [7, 11) is 2.17. The summed E-state index contributed by atoms with van der Waals surface area (Å²) in [6, 6.07) is 0. The highest BCUT2D eigenvalue weighted by molar-refractivity contribution is 5.07. The fraction of sp³-hybridized carbons (Fsp3) is 0.846. The van der Waals surface area contributed by atoms with Crippen molar-refractivity contribution < 1.29 is 5.11 Å². The lowest BCUT2D eigenvalue weighted by atomic mass is 9.97. The van der Waals surface area contributed by atoms with Crippen molar-refractivity contribution in [3.05, 3.63) is 11.6 Å². The molecular formula is C13H22N4O. The Morgan fingerprint density at radius 3 is 2.89 bits per heavy atom. The van der Waals surface area contributed by atoms with Crippen molar-refractivity contribution >= 4 is 0 Å². The Morgan fingerprint density at radius 1 is 1.28 bits per heavy atom. The molecule has 1 aromatic heterocycles. The molecule has 2 atom stereocenters. The summed E-state index contributed by atoms with van der Waals surface area (Å²) in [4.78, 5) is 7.09. The molecule has 18 heavy (non-hydrogen) atoms. The minimum Gasteiger partial charge on any atom is -0.396 e. The number of likely N-dealkylation sites (tertiary alicyclic amines) is 1. The quantitative estimate of drug-likeness (QED) is 0.849. The number of likely N-dealkylation sites (N-methyl/N-ethyl adjacent to an activating group) is 1. The van der Waals surface area contributed by atoms with Gasteiger partial charge in [0.05, 0.1) is 6.61 Å². The molecule has 3 heterocycles. The van der Waals surface area contributed by atoms with Crippen LogP contribution in [0.4, 0.5) is 0 Å². The van der Waals surface area contributed by atoms with E-state index in [9.17, 15) is 5.11 Å². The predicted octanol–water partition coefficient (Wildman–Crippen LogP) is 0.957. The average molecular weight is 250 g/mol. The number of aromatic nitrogens is 3. The average Bonchev–Trinajstić information content (AvgIpc) is 2.82. The number of hydrogen-bond donors (Lipinski definition) is 1. The fourth-order valence-corrected chi connectivity index (χ4v) is 3.18. The van der Waals surface area contributed by atoms with Crippen molar-refractivity contribution in [2.24, 2.45) is 0 Å². The van der Waals surface area contributed by atoms with Crippen molar-refractivity contribution in [2.75, 3.05) is 26.7 Å². The third kappa shape index (κ3) is 2.17. The molecule has 0 amide bonds. The molecule has 2 aliphatic rings. The van der Waals surface area contributed by atoms with Crippen LogP contribution in [0.15, 0.2) is 0 Å². The monoisotopic (exact) mass is 250 g/mol. The molecule has 0 aliphatic carbocycles. The van der Waals surface area contributed by atoms with Gasteiger partial charge in [-0.15, -0.1) is 0 Å². The molecule has 0 bridgehead atoms. The molecule has 5 nitrogen and oxygen atoms in total. The zero-order chi connectivity index (χ0) is 12.5. The normalized spacial score (nSPS) is 29.2. The van der Waals surface area contributed by atoms with E-state index in [0.29, 0.717) is 5.92 Å². The molecular weight excluding hydrogens is 228 g/mol. The van der Waals surface area contributed by atoms with Gasteiger partial charge in [0.1, 0.15) is 5.82 Å². The first-order valence-electron chi connectivity index (χ1n) is 7.02. The topological polar surface area (TPSA) is 54.2 Å². The van der Waals surface area contributed by atoms with Gasteiger partial charge in [0, 0.05) is 24.9 Å². The van der Waals surface area contributed by atoms with Crippen LogP contribution >= 0.6 is 0 Å². The highest BCUT2D eigenvalue weighted by Crippen LogP contribution is 2.29. The van der Waals surface area contributed by atoms with E-state index >= 15 is 0 Å². The maximum Gasteiger partial charge on any atom is 0.155 e. The lowest BCUT2D eigenvalue weighted by Gasteiger charge is -2.27. The van der Waals surface area contributed by atoms with Crippen LogP contribution < -0.4 is 0 Å². The second-order valence-electron chi connectivity index (χ2n) is 5.67. The van der Waals surface area contributed by atoms with Crippen LogP contribution in [0.25, 0.3) is 0 Å². The zero-order valence-corrected chi connectivity index (χ0v) is 11.0. The van der Waals surface area contributed by atoms with Crippen LogP contribution in [-0.2, 0) is 6.54 Å². The number of fused-ring (bicyclic) bond motifs is 1. The van der Waals surface area contributed by atoms with Crippen LogP contribution in [0.2, 0.25) is 0 Å². The van der Waals surface area contributed by atoms with Gasteiger partial charge in [-0.2, -0.15) is 5.10 Å². The third-order valence-corrected chi connectivity index (χ3v) is 4.21. The zero-order valence-electron chi connectivity index (χ0n) is 11.0. The molecule has 2 aliphatic heterocycles. The molecule has 0 radical (unpaired) electrons. The van der Waals surface area contributed by atoms with Crippen LogP contribution in [0.1, 0.15) is 49.2 Å². The van der Waals surface area contributed by atoms with Crippen LogP contribution in [-0.4, -0.2) is 51.5 Å². The van der Waals surface area contributed by atoms with Gasteiger partial charge in [-0.25, -0.2) is 9.67 Å². The summed E-state index contributed by atoms with van der Waals surface area (Å²) < 4.78 is 2.02. The molecule has 0 saturated carbocycles. The number of nitrogens with zero attached hydrogens (tertiary/aromatic N) is 4. The highest BCUT2D eigenvalue weighted by Gasteiger charge is 2.28. The Hall–Kier alpha value is -0.940. The van der Waals surface area contributed by atoms with Gasteiger partial charge < -0.3 is 10.0 Å². The molecule has 2 unspecified atom stereocenters. The van der Waals surface area contributed by atoms with E-state index in [0.717, 1.165) is 37.6 Å². The molecule has 3 rings (SSSR count). The molecule has 1 N–H and O–H groups in total. The molecule has 100 valence electrons. The summed E-state index contributed by atoms with van der Waals surface area (Å²) in [5.74, 6) is 2.67. The number of aliphatic hydroxyl groups excluding tert-OH is 1. The SMILES string of the molecule is CN1CCCC(c2nc3n(n2)CCCC3CO)C1. The number of piperidine rings is 1. The minimum atomic E-state index is 0.196. The molecule has 0 spiro atoms. The largest absolute Gasteiger partial charge is 0.396 e. The second-order valence-corrected chi connectivity index (χ2v) is 5.67. The lowest BCUT2D eigenvalue weighted by Crippen LogP contribution is -2.31. The van der Waals surface area contributed by atoms with E-state index in [1.54, 1.807) is 0 Å². The molecule has 1 aromatic rings. The number of aryl methyl sites for hydroxylation is 1. The Labute approximate surface area is 108 Å². The van der Waals surface area contributed by atoms with Crippen molar-refractivity contribution in [1.29, 1.82) is 0 Å². The fourth-order valence-electron chi connectivity index (χ4n) is 3.18. The van der Waals surface area contributed by atoms with Crippen molar-refractivity contribution in [2.45, 2.75) is 44.1 Å². The maximum atomic E-state index is 9.41. The van der Waals surface area contributed by atoms with E-state index in [-0.39, 0.29) is 12.5 Å². The van der Waals surface area contributed by atoms with E-state index in [1.807, 2.05) is 4.68 Å². The highest BCUT2D eigenvalue weighted by atomic mass is 16.3. The summed E-state index contributed by atoms with van der Waals surface area (Å²) in [5.41, 5.74) is 0. The number of hydrogen-bond acceptors (Lipinski definition) is 4. The van der Waals surface area contributed by atoms with Crippen LogP contribution in [0, 0.1) is 0 Å². The summed E-state index contributed by atoms with van der Waals surface area (Å²) in [5, 5.41) is 14.1. The first-order valence-corrected chi connectivity index (χ1v) is 7.02. The Kier molecular flexibility index (Phi) is 3.35. The van der Waals surface area contributed by atoms with E-state index in [2.05, 4.69) is 17.0 Å². The van der Waals surface area contributed by atoms with E-state index < -0.39 is 0 Å². The first-order chi connectivity index (χ1) is 8.78. The van der Waals surface area contributed by atoms with Crippen LogP contribution in [0.3, 0.4) is 0 Å². The van der Waals surface area contributed by atoms with Gasteiger partial charge >= 0.3 is 0 Å². The smallest absolute Gasteiger partial charge is 0.155 e. The van der Waals surface area contributed by atoms with Crippen LogP contribution in [0.5, 0.6) is 0 Å². The Bertz CT molecular complexity index is 417. The third-order valence-electron chi connectivity index (χ3n) is 4.21. The van der Waals surface area contributed by atoms with E-state index in [4.69, 9.17) is 4.98 Å². The van der Waals surface area contributed by atoms with Gasteiger partial charge in [-0.3, -0.25) is 0 Å². The van der Waals surface area contributed by atoms with Crippen molar-refractivity contribution in [3.8, 4) is 0 Å². The Balaban J connectivity index is 1.83. The Morgan fingerprint density at radius 2 is 2.11 bits per heavy atom. The minimum absolute atomic E-state index is 0.196. The number of aliphatic hydroxyl groups is 1. The van der Waals surface area contributed by atoms with Gasteiger partial charge in [0.15, 0.2) is 5.82 Å². The predicted molar refractivity (Wildman–Crippen MR) is 68.6 cm³/mol. The summed E-state index contributed by atoms with van der Waals surface area (Å²) >= 11 is 0. The summed E-state index contributed by atoms with van der Waals surface area (Å²) in [6.07, 6.45) is 4.57. The maximum absolute atomic E-state index is 9.41. The summed E-state index contributed by atoms with van der Waals surface area (Å²) in [6.45, 7) is 3.40.